The van der Waals surface area contributed by atoms with Crippen molar-refractivity contribution in [2.75, 3.05) is 45.8 Å². The van der Waals surface area contributed by atoms with Crippen LogP contribution in [0, 0.1) is 17.3 Å². The van der Waals surface area contributed by atoms with Crippen LogP contribution in [-0.2, 0) is 44.7 Å². The largest absolute Gasteiger partial charge is 0.493 e. The van der Waals surface area contributed by atoms with Crippen LogP contribution in [0.15, 0.2) is 77.3 Å². The van der Waals surface area contributed by atoms with Crippen molar-refractivity contribution in [1.29, 1.82) is 0 Å². The molecule has 4 heterocycles. The summed E-state index contributed by atoms with van der Waals surface area (Å²) in [6, 6.07) is 17.0. The molecule has 0 bridgehead atoms. The fourth-order valence-electron chi connectivity index (χ4n) is 10.5. The van der Waals surface area contributed by atoms with E-state index in [0.717, 1.165) is 10.5 Å². The van der Waals surface area contributed by atoms with Crippen molar-refractivity contribution in [1.82, 2.24) is 20.0 Å². The Kier molecular flexibility index (Phi) is 18.4. The molecule has 18 nitrogen and oxygen atoms in total. The maximum absolute atomic E-state index is 14.1. The van der Waals surface area contributed by atoms with E-state index in [4.69, 9.17) is 18.9 Å². The number of aliphatic hydroxyl groups excluding tert-OH is 1. The number of fused-ring (bicyclic) bond motifs is 1. The Bertz CT molecular complexity index is 2760. The molecule has 5 amide bonds. The van der Waals surface area contributed by atoms with E-state index in [0.29, 0.717) is 72.7 Å². The number of benzene rings is 3. The minimum absolute atomic E-state index is 0.0739. The van der Waals surface area contributed by atoms with Crippen LogP contribution in [0.2, 0.25) is 0 Å². The standard InChI is InChI=1S/C57H71N5O13S/c1-10-57(6,7)51(66)55(70)60-25-12-11-19-42(60)56(71)75-44(22-20-36-21-23-45(72-8)46(27-36)73-9)37-15-14-18-40(29-37)74-26-24-58-52(67)38-16-13-17-39(28-38)59-53(68)43-30-41(31-61(43)35(5)65)76-50-32(2)48-47(33(3)63)54(69)62(48)49(50)34(4)64/h13-18,21,23,27-29,32-33,41-44,47-48,63H,10-12,19-20,22,24-26,30-31H2,1-9H3,(H,58,67)(H,59,68)/t32-,33-,41+,42+,43+,44-,47-,48-/m1/s1. The molecule has 0 aromatic heterocycles. The molecule has 0 unspecified atom stereocenters. The van der Waals surface area contributed by atoms with Crippen molar-refractivity contribution in [2.45, 2.75) is 129 Å². The normalized spacial score (nSPS) is 22.0. The number of esters is 1. The van der Waals surface area contributed by atoms with Crippen molar-refractivity contribution in [3.8, 4) is 17.2 Å². The highest BCUT2D eigenvalue weighted by Gasteiger charge is 2.60. The van der Waals surface area contributed by atoms with Crippen LogP contribution in [0.3, 0.4) is 0 Å². The summed E-state index contributed by atoms with van der Waals surface area (Å²) in [7, 11) is 3.11. The number of likely N-dealkylation sites (tertiary alicyclic amines) is 2. The zero-order valence-electron chi connectivity index (χ0n) is 44.8. The number of nitrogens with one attached hydrogen (secondary N) is 2. The first-order valence-electron chi connectivity index (χ1n) is 26.1. The topological polar surface area (TPSA) is 227 Å². The number of β-lactam (4-membered cyclic amide) rings is 1. The molecule has 0 saturated carbocycles. The first-order chi connectivity index (χ1) is 36.2. The van der Waals surface area contributed by atoms with Gasteiger partial charge in [0.2, 0.25) is 23.5 Å². The van der Waals surface area contributed by atoms with E-state index in [-0.39, 0.29) is 73.0 Å². The number of hydrogen-bond acceptors (Lipinski definition) is 14. The molecular weight excluding hydrogens is 995 g/mol. The average Bonchev–Trinajstić information content (AvgIpc) is 3.97. The van der Waals surface area contributed by atoms with Gasteiger partial charge in [-0.2, -0.15) is 0 Å². The molecule has 19 heteroatoms. The second-order valence-corrected chi connectivity index (χ2v) is 22.0. The maximum atomic E-state index is 14.1. The second kappa shape index (κ2) is 24.5. The number of piperidine rings is 1. The van der Waals surface area contributed by atoms with Crippen molar-refractivity contribution >= 4 is 64.5 Å². The van der Waals surface area contributed by atoms with Crippen molar-refractivity contribution in [2.24, 2.45) is 17.3 Å². The van der Waals surface area contributed by atoms with Gasteiger partial charge in [-0.1, -0.05) is 52.0 Å². The van der Waals surface area contributed by atoms with Crippen LogP contribution >= 0.6 is 11.8 Å². The number of allylic oxidation sites excluding steroid dienone is 1. The lowest BCUT2D eigenvalue weighted by Gasteiger charge is -2.46. The monoisotopic (exact) mass is 1070 g/mol. The van der Waals surface area contributed by atoms with Gasteiger partial charge in [0.15, 0.2) is 17.3 Å². The lowest BCUT2D eigenvalue weighted by molar-refractivity contribution is -0.164. The van der Waals surface area contributed by atoms with E-state index < -0.39 is 65.1 Å². The van der Waals surface area contributed by atoms with Crippen LogP contribution in [0.1, 0.15) is 115 Å². The molecule has 0 aliphatic carbocycles. The van der Waals surface area contributed by atoms with Gasteiger partial charge < -0.3 is 49.4 Å². The van der Waals surface area contributed by atoms with Gasteiger partial charge in [0.05, 0.1) is 44.5 Å². The molecule has 0 spiro atoms. The van der Waals surface area contributed by atoms with E-state index >= 15 is 0 Å². The first kappa shape index (κ1) is 57.0. The van der Waals surface area contributed by atoms with Gasteiger partial charge in [-0.15, -0.1) is 11.8 Å². The van der Waals surface area contributed by atoms with Crippen molar-refractivity contribution in [3.05, 3.63) is 94.0 Å². The molecule has 7 rings (SSSR count). The number of amides is 5. The number of aryl methyl sites for hydroxylation is 1. The average molecular weight is 1070 g/mol. The fourth-order valence-corrected chi connectivity index (χ4v) is 12.1. The number of thioether (sulfide) groups is 1. The molecule has 4 aliphatic heterocycles. The van der Waals surface area contributed by atoms with Gasteiger partial charge in [0.1, 0.15) is 30.5 Å². The molecule has 3 aromatic carbocycles. The van der Waals surface area contributed by atoms with E-state index in [1.807, 2.05) is 32.0 Å². The van der Waals surface area contributed by atoms with Crippen LogP contribution < -0.4 is 24.8 Å². The molecule has 3 fully saturated rings. The number of rotatable bonds is 22. The van der Waals surface area contributed by atoms with Gasteiger partial charge >= 0.3 is 5.97 Å². The summed E-state index contributed by atoms with van der Waals surface area (Å²) in [5, 5.41) is 15.8. The highest BCUT2D eigenvalue weighted by atomic mass is 32.2. The molecular formula is C57H71N5O13S. The molecule has 8 atom stereocenters. The minimum atomic E-state index is -0.924. The van der Waals surface area contributed by atoms with Crippen LogP contribution in [-0.4, -0.2) is 137 Å². The maximum Gasteiger partial charge on any atom is 0.329 e. The predicted molar refractivity (Wildman–Crippen MR) is 284 cm³/mol. The quantitative estimate of drug-likeness (QED) is 0.0426. The SMILES string of the molecule is CCC(C)(C)C(=O)C(=O)N1CCCC[C@H]1C(=O)O[C@H](CCc1ccc(OC)c(OC)c1)c1cccc(OCCNC(=O)c2cccc(NC(=O)[C@@H]3C[C@H](SC4=C(C(C)=O)N5C(=O)[C@H]([C@@H](C)O)[C@H]5[C@H]4C)CN3C(C)=O)c2)c1. The first-order valence-corrected chi connectivity index (χ1v) is 27.0. The molecule has 408 valence electrons. The highest BCUT2D eigenvalue weighted by Crippen LogP contribution is 2.52. The van der Waals surface area contributed by atoms with Crippen molar-refractivity contribution < 1.29 is 62.4 Å². The summed E-state index contributed by atoms with van der Waals surface area (Å²) in [4.78, 5) is 112. The van der Waals surface area contributed by atoms with Crippen LogP contribution in [0.25, 0.3) is 0 Å². The van der Waals surface area contributed by atoms with E-state index in [9.17, 15) is 43.5 Å². The molecule has 4 aliphatic rings. The van der Waals surface area contributed by atoms with E-state index in [2.05, 4.69) is 10.6 Å². The summed E-state index contributed by atoms with van der Waals surface area (Å²) < 4.78 is 23.3. The van der Waals surface area contributed by atoms with Gasteiger partial charge in [-0.05, 0) is 105 Å². The Morgan fingerprint density at radius 1 is 0.908 bits per heavy atom. The molecule has 3 N–H and O–H groups in total. The third-order valence-corrected chi connectivity index (χ3v) is 16.6. The Balaban J connectivity index is 0.969. The summed E-state index contributed by atoms with van der Waals surface area (Å²) >= 11 is 1.40. The molecule has 0 radical (unpaired) electrons. The third kappa shape index (κ3) is 12.4. The lowest BCUT2D eigenvalue weighted by atomic mass is 9.79. The summed E-state index contributed by atoms with van der Waals surface area (Å²) in [6.45, 7) is 12.3. The van der Waals surface area contributed by atoms with Crippen LogP contribution in [0.4, 0.5) is 5.69 Å². The Labute approximate surface area is 448 Å². The molecule has 3 saturated heterocycles. The number of hydrogen-bond donors (Lipinski definition) is 3. The van der Waals surface area contributed by atoms with Gasteiger partial charge in [0.25, 0.3) is 11.8 Å². The zero-order valence-corrected chi connectivity index (χ0v) is 45.7. The Hall–Kier alpha value is -6.73. The number of Topliss-reactive ketones (excluding diaryl/α,β-unsaturated/α-hetero) is 2. The summed E-state index contributed by atoms with van der Waals surface area (Å²) in [5.74, 6) is -2.76. The third-order valence-electron chi connectivity index (χ3n) is 15.1. The van der Waals surface area contributed by atoms with Gasteiger partial charge in [-0.3, -0.25) is 33.6 Å². The van der Waals surface area contributed by atoms with E-state index in [1.54, 1.807) is 77.5 Å². The predicted octanol–water partition coefficient (Wildman–Crippen LogP) is 6.44. The number of carbonyl (C=O) groups is 8. The number of aliphatic hydroxyl groups is 1. The Morgan fingerprint density at radius 2 is 1.64 bits per heavy atom. The summed E-state index contributed by atoms with van der Waals surface area (Å²) in [6.07, 6.45) is 1.67. The number of nitrogens with zero attached hydrogens (tertiary/aromatic N) is 3. The van der Waals surface area contributed by atoms with E-state index in [1.165, 1.54) is 46.4 Å². The number of carbonyl (C=O) groups excluding carboxylic acids is 8. The number of ketones is 2. The zero-order chi connectivity index (χ0) is 55.2. The smallest absolute Gasteiger partial charge is 0.329 e. The number of methoxy groups -OCH3 is 2. The Morgan fingerprint density at radius 3 is 2.33 bits per heavy atom. The van der Waals surface area contributed by atoms with Gasteiger partial charge in [-0.25, -0.2) is 4.79 Å². The van der Waals surface area contributed by atoms with Gasteiger partial charge in [0, 0.05) is 59.7 Å². The highest BCUT2D eigenvalue weighted by molar-refractivity contribution is 8.03. The number of anilines is 1. The van der Waals surface area contributed by atoms with Crippen LogP contribution in [0.5, 0.6) is 17.2 Å². The second-order valence-electron chi connectivity index (χ2n) is 20.7. The fraction of sp³-hybridized carbons (Fsp3) is 0.509. The lowest BCUT2D eigenvalue weighted by Crippen LogP contribution is -2.63. The molecule has 3 aromatic rings. The van der Waals surface area contributed by atoms with Crippen molar-refractivity contribution in [3.63, 3.8) is 0 Å². The number of ether oxygens (including phenoxy) is 4. The minimum Gasteiger partial charge on any atom is -0.493 e. The molecule has 76 heavy (non-hydrogen) atoms. The summed E-state index contributed by atoms with van der Waals surface area (Å²) in [5.41, 5.74) is 1.61.